The van der Waals surface area contributed by atoms with Gasteiger partial charge in [-0.3, -0.25) is 4.90 Å². The number of nitrogens with one attached hydrogen (secondary N) is 1. The van der Waals surface area contributed by atoms with Crippen LogP contribution in [-0.2, 0) is 11.1 Å². The molecule has 0 aliphatic heterocycles. The molecule has 3 aromatic carbocycles. The third kappa shape index (κ3) is 11.0. The number of nitriles is 1. The van der Waals surface area contributed by atoms with Crippen LogP contribution in [0, 0.1) is 11.3 Å². The lowest BCUT2D eigenvalue weighted by atomic mass is 10.2. The number of anilines is 1. The molecular formula is C24H25Cl2IN3OP. The largest absolute Gasteiger partial charge is 0.383 e. The topological polar surface area (TPSA) is 48.3 Å². The minimum atomic E-state index is 0.486. The van der Waals surface area contributed by atoms with Gasteiger partial charge in [0.25, 0.3) is 0 Å². The van der Waals surface area contributed by atoms with Crippen LogP contribution >= 0.6 is 51.7 Å². The fraction of sp³-hybridized carbons (Fsp3) is 0.208. The minimum absolute atomic E-state index is 0.486. The van der Waals surface area contributed by atoms with Crippen LogP contribution < -0.4 is 5.32 Å². The lowest BCUT2D eigenvalue weighted by Crippen LogP contribution is -2.31. The van der Waals surface area contributed by atoms with Crippen LogP contribution in [0.2, 0.25) is 10.0 Å². The van der Waals surface area contributed by atoms with Crippen molar-refractivity contribution < 1.29 is 4.52 Å². The predicted molar refractivity (Wildman–Crippen MR) is 146 cm³/mol. The number of halogens is 3. The molecule has 1 N–H and O–H groups in total. The first kappa shape index (κ1) is 26.9. The van der Waals surface area contributed by atoms with Crippen LogP contribution in [0.15, 0.2) is 78.9 Å². The van der Waals surface area contributed by atoms with Gasteiger partial charge in [0.1, 0.15) is 0 Å². The second kappa shape index (κ2) is 16.3. The monoisotopic (exact) mass is 599 g/mol. The van der Waals surface area contributed by atoms with Crippen molar-refractivity contribution in [1.82, 2.24) is 4.90 Å². The van der Waals surface area contributed by atoms with E-state index in [-0.39, 0.29) is 0 Å². The molecule has 0 saturated carbocycles. The van der Waals surface area contributed by atoms with E-state index in [9.17, 15) is 0 Å². The average Bonchev–Trinajstić information content (AvgIpc) is 2.81. The second-order valence-corrected chi connectivity index (χ2v) is 9.32. The highest BCUT2D eigenvalue weighted by Gasteiger charge is 2.07. The van der Waals surface area contributed by atoms with E-state index in [0.29, 0.717) is 17.0 Å². The molecule has 0 spiro atoms. The summed E-state index contributed by atoms with van der Waals surface area (Å²) in [5.41, 5.74) is 2.71. The Bertz CT molecular complexity index is 958. The van der Waals surface area contributed by atoms with Gasteiger partial charge < -0.3 is 9.84 Å². The van der Waals surface area contributed by atoms with Crippen molar-refractivity contribution in [2.45, 2.75) is 6.54 Å². The van der Waals surface area contributed by atoms with Gasteiger partial charge in [-0.25, -0.2) is 0 Å². The van der Waals surface area contributed by atoms with E-state index < -0.39 is 0 Å². The summed E-state index contributed by atoms with van der Waals surface area (Å²) in [6.45, 7) is 4.63. The molecule has 0 heterocycles. The fourth-order valence-corrected chi connectivity index (χ4v) is 4.04. The maximum absolute atomic E-state index is 8.90. The zero-order valence-corrected chi connectivity index (χ0v) is 22.1. The molecule has 0 radical (unpaired) electrons. The number of rotatable bonds is 10. The number of hydrogen-bond donors (Lipinski definition) is 1. The summed E-state index contributed by atoms with van der Waals surface area (Å²) in [4.78, 5) is 2.36. The van der Waals surface area contributed by atoms with Crippen molar-refractivity contribution in [1.29, 1.82) is 5.26 Å². The molecule has 0 aliphatic rings. The van der Waals surface area contributed by atoms with Gasteiger partial charge in [-0.2, -0.15) is 5.26 Å². The van der Waals surface area contributed by atoms with Gasteiger partial charge in [-0.1, -0.05) is 71.7 Å². The Morgan fingerprint density at radius 1 is 0.969 bits per heavy atom. The van der Waals surface area contributed by atoms with E-state index in [2.05, 4.69) is 62.6 Å². The fourth-order valence-electron chi connectivity index (χ4n) is 2.82. The molecule has 4 nitrogen and oxygen atoms in total. The van der Waals surface area contributed by atoms with Crippen LogP contribution in [0.25, 0.3) is 0 Å². The van der Waals surface area contributed by atoms with Gasteiger partial charge in [0, 0.05) is 31.2 Å². The molecule has 0 aliphatic carbocycles. The van der Waals surface area contributed by atoms with E-state index in [0.717, 1.165) is 43.5 Å². The lowest BCUT2D eigenvalue weighted by Gasteiger charge is -2.23. The molecule has 3 aromatic rings. The Balaban J connectivity index is 0.000000439. The SMILES string of the molecule is Clc1ccccc1.N#Cc1ccc(NCCN(CCOPI)Cc2ccccc2)c(Cl)c1. The van der Waals surface area contributed by atoms with Crippen molar-refractivity contribution in [2.75, 3.05) is 31.6 Å². The molecule has 0 fully saturated rings. The van der Waals surface area contributed by atoms with E-state index in [1.807, 2.05) is 42.5 Å². The molecule has 0 amide bonds. The van der Waals surface area contributed by atoms with Crippen molar-refractivity contribution >= 4 is 57.4 Å². The van der Waals surface area contributed by atoms with Gasteiger partial charge in [0.15, 0.2) is 0 Å². The highest BCUT2D eigenvalue weighted by Crippen LogP contribution is 2.23. The summed E-state index contributed by atoms with van der Waals surface area (Å²) in [5, 5.41) is 13.6. The summed E-state index contributed by atoms with van der Waals surface area (Å²) < 4.78 is 5.51. The highest BCUT2D eigenvalue weighted by molar-refractivity contribution is 14.2. The van der Waals surface area contributed by atoms with E-state index in [4.69, 9.17) is 33.0 Å². The molecule has 0 aromatic heterocycles. The van der Waals surface area contributed by atoms with Crippen LogP contribution in [-0.4, -0.2) is 31.1 Å². The first-order valence-electron chi connectivity index (χ1n) is 10.00. The molecule has 8 heteroatoms. The quantitative estimate of drug-likeness (QED) is 0.150. The van der Waals surface area contributed by atoms with Gasteiger partial charge in [0.05, 0.1) is 35.4 Å². The highest BCUT2D eigenvalue weighted by atomic mass is 127. The minimum Gasteiger partial charge on any atom is -0.383 e. The summed E-state index contributed by atoms with van der Waals surface area (Å²) in [5.74, 6) is 0. The van der Waals surface area contributed by atoms with E-state index >= 15 is 0 Å². The molecule has 0 saturated heterocycles. The van der Waals surface area contributed by atoms with Gasteiger partial charge in [-0.15, -0.1) is 0 Å². The Morgan fingerprint density at radius 3 is 2.22 bits per heavy atom. The number of nitrogens with zero attached hydrogens (tertiary/aromatic N) is 2. The van der Waals surface area contributed by atoms with E-state index in [1.54, 1.807) is 12.1 Å². The number of hydrogen-bond acceptors (Lipinski definition) is 4. The summed E-state index contributed by atoms with van der Waals surface area (Å²) in [6.07, 6.45) is 0. The van der Waals surface area contributed by atoms with Crippen molar-refractivity contribution in [3.8, 4) is 6.07 Å². The third-order valence-electron chi connectivity index (χ3n) is 4.39. The van der Waals surface area contributed by atoms with Crippen LogP contribution in [0.1, 0.15) is 11.1 Å². The zero-order valence-electron chi connectivity index (χ0n) is 17.5. The lowest BCUT2D eigenvalue weighted by molar-refractivity contribution is 0.223. The maximum atomic E-state index is 8.90. The first-order chi connectivity index (χ1) is 15.6. The number of benzene rings is 3. The maximum Gasteiger partial charge on any atom is 0.0992 e. The predicted octanol–water partition coefficient (Wildman–Crippen LogP) is 7.43. The van der Waals surface area contributed by atoms with Crippen LogP contribution in [0.5, 0.6) is 0 Å². The summed E-state index contributed by atoms with van der Waals surface area (Å²) in [6, 6.07) is 27.3. The Kier molecular flexibility index (Phi) is 13.6. The molecule has 168 valence electrons. The molecule has 1 atom stereocenters. The second-order valence-electron chi connectivity index (χ2n) is 6.72. The van der Waals surface area contributed by atoms with Gasteiger partial charge in [-0.05, 0) is 57.9 Å². The van der Waals surface area contributed by atoms with Gasteiger partial charge >= 0.3 is 0 Å². The van der Waals surface area contributed by atoms with Crippen molar-refractivity contribution in [3.05, 3.63) is 100 Å². The molecule has 1 unspecified atom stereocenters. The Morgan fingerprint density at radius 2 is 1.66 bits per heavy atom. The summed E-state index contributed by atoms with van der Waals surface area (Å²) in [7, 11) is 0. The smallest absolute Gasteiger partial charge is 0.0992 e. The molecule has 32 heavy (non-hydrogen) atoms. The molecule has 0 bridgehead atoms. The normalized spacial score (nSPS) is 10.6. The Labute approximate surface area is 215 Å². The third-order valence-corrected chi connectivity index (χ3v) is 6.20. The van der Waals surface area contributed by atoms with Gasteiger partial charge in [0.2, 0.25) is 0 Å². The van der Waals surface area contributed by atoms with Crippen molar-refractivity contribution in [2.24, 2.45) is 0 Å². The Hall–Kier alpha value is -1.39. The average molecular weight is 600 g/mol. The molecular weight excluding hydrogens is 575 g/mol. The van der Waals surface area contributed by atoms with Crippen LogP contribution in [0.4, 0.5) is 5.69 Å². The summed E-state index contributed by atoms with van der Waals surface area (Å²) >= 11 is 14.0. The van der Waals surface area contributed by atoms with E-state index in [1.165, 1.54) is 5.56 Å². The first-order valence-corrected chi connectivity index (χ1v) is 14.8. The molecule has 3 rings (SSSR count). The standard InChI is InChI=1S/C18H20ClIN3OP.C6H5Cl/c19-17-12-16(13-21)6-7-18(17)22-8-9-23(10-11-24-25-20)14-15-4-2-1-3-5-15;7-6-4-2-1-3-5-6/h1-7,12,22,25H,8-11,14H2;1-5H. The van der Waals surface area contributed by atoms with Crippen molar-refractivity contribution in [3.63, 3.8) is 0 Å². The zero-order chi connectivity index (χ0) is 23.0. The van der Waals surface area contributed by atoms with Crippen LogP contribution in [0.3, 0.4) is 0 Å².